The molecule has 8 nitrogen and oxygen atoms in total. The van der Waals surface area contributed by atoms with Gasteiger partial charge >= 0.3 is 0 Å². The van der Waals surface area contributed by atoms with Crippen molar-refractivity contribution in [1.29, 1.82) is 0 Å². The summed E-state index contributed by atoms with van der Waals surface area (Å²) in [6.45, 7) is 7.19. The lowest BCUT2D eigenvalue weighted by molar-refractivity contribution is 0.169. The fourth-order valence-corrected chi connectivity index (χ4v) is 4.25. The molecule has 28 heavy (non-hydrogen) atoms. The Bertz CT molecular complexity index is 845. The van der Waals surface area contributed by atoms with Crippen LogP contribution in [-0.4, -0.2) is 74.4 Å². The lowest BCUT2D eigenvalue weighted by atomic mass is 10.3. The zero-order valence-electron chi connectivity index (χ0n) is 16.1. The molecular formula is C19H27N5O3S. The Morgan fingerprint density at radius 3 is 2.57 bits per heavy atom. The van der Waals surface area contributed by atoms with Crippen molar-refractivity contribution in [2.45, 2.75) is 18.4 Å². The van der Waals surface area contributed by atoms with Gasteiger partial charge in [0.05, 0.1) is 22.9 Å². The molecule has 3 rings (SSSR count). The maximum absolute atomic E-state index is 12.4. The van der Waals surface area contributed by atoms with Crippen molar-refractivity contribution >= 4 is 15.8 Å². The average Bonchev–Trinajstić information content (AvgIpc) is 3.22. The third-order valence-electron chi connectivity index (χ3n) is 4.61. The molecule has 1 saturated heterocycles. The third kappa shape index (κ3) is 5.56. The molecule has 1 N–H and O–H groups in total. The van der Waals surface area contributed by atoms with Gasteiger partial charge in [-0.1, -0.05) is 23.4 Å². The van der Waals surface area contributed by atoms with Crippen molar-refractivity contribution in [1.82, 2.24) is 20.3 Å². The van der Waals surface area contributed by atoms with E-state index in [0.29, 0.717) is 4.90 Å². The number of guanidine groups is 1. The van der Waals surface area contributed by atoms with Crippen LogP contribution in [0.25, 0.3) is 0 Å². The Morgan fingerprint density at radius 1 is 1.18 bits per heavy atom. The highest BCUT2D eigenvalue weighted by molar-refractivity contribution is 7.91. The molecule has 0 unspecified atom stereocenters. The molecule has 9 heteroatoms. The summed E-state index contributed by atoms with van der Waals surface area (Å²) < 4.78 is 29.7. The zero-order chi connectivity index (χ0) is 19.8. The summed E-state index contributed by atoms with van der Waals surface area (Å²) in [5.41, 5.74) is 0.931. The standard InChI is InChI=1S/C19H27N5O3S/c1-2-20-19(21-9-15-28(25,26)18-6-4-3-5-7-18)24-12-10-23(11-13-24)16-17-8-14-27-22-17/h3-8,14H,2,9-13,15-16H2,1H3,(H,20,21). The van der Waals surface area contributed by atoms with Crippen molar-refractivity contribution in [3.05, 3.63) is 48.4 Å². The number of hydrogen-bond donors (Lipinski definition) is 1. The van der Waals surface area contributed by atoms with Crippen molar-refractivity contribution in [2.75, 3.05) is 45.0 Å². The Hall–Kier alpha value is -2.39. The molecule has 1 aliphatic rings. The maximum atomic E-state index is 12.4. The van der Waals surface area contributed by atoms with Gasteiger partial charge in [-0.2, -0.15) is 0 Å². The second kappa shape index (κ2) is 9.70. The summed E-state index contributed by atoms with van der Waals surface area (Å²) in [4.78, 5) is 9.39. The molecule has 0 amide bonds. The molecular weight excluding hydrogens is 378 g/mol. The number of aromatic nitrogens is 1. The number of piperazine rings is 1. The fraction of sp³-hybridized carbons (Fsp3) is 0.474. The molecule has 1 aromatic carbocycles. The topological polar surface area (TPSA) is 91.0 Å². The van der Waals surface area contributed by atoms with Crippen molar-refractivity contribution in [3.8, 4) is 0 Å². The minimum absolute atomic E-state index is 0.00195. The summed E-state index contributed by atoms with van der Waals surface area (Å²) in [7, 11) is -3.32. The molecule has 1 fully saturated rings. The molecule has 2 heterocycles. The van der Waals surface area contributed by atoms with E-state index < -0.39 is 9.84 Å². The van der Waals surface area contributed by atoms with Crippen LogP contribution in [0.2, 0.25) is 0 Å². The molecule has 1 aromatic heterocycles. The molecule has 152 valence electrons. The lowest BCUT2D eigenvalue weighted by Gasteiger charge is -2.36. The first-order valence-electron chi connectivity index (χ1n) is 9.51. The van der Waals surface area contributed by atoms with Crippen molar-refractivity contribution in [2.24, 2.45) is 4.99 Å². The van der Waals surface area contributed by atoms with Gasteiger partial charge in [0.1, 0.15) is 6.26 Å². The van der Waals surface area contributed by atoms with E-state index in [0.717, 1.165) is 50.9 Å². The highest BCUT2D eigenvalue weighted by atomic mass is 32.2. The second-order valence-corrected chi connectivity index (χ2v) is 8.73. The second-order valence-electron chi connectivity index (χ2n) is 6.62. The highest BCUT2D eigenvalue weighted by Gasteiger charge is 2.20. The van der Waals surface area contributed by atoms with Crippen molar-refractivity contribution in [3.63, 3.8) is 0 Å². The summed E-state index contributed by atoms with van der Waals surface area (Å²) in [6.07, 6.45) is 1.59. The number of aliphatic imine (C=N–C) groups is 1. The minimum Gasteiger partial charge on any atom is -0.364 e. The van der Waals surface area contributed by atoms with E-state index in [4.69, 9.17) is 4.52 Å². The number of nitrogens with one attached hydrogen (secondary N) is 1. The Labute approximate surface area is 166 Å². The molecule has 0 bridgehead atoms. The van der Waals surface area contributed by atoms with E-state index in [1.807, 2.05) is 19.1 Å². The highest BCUT2D eigenvalue weighted by Crippen LogP contribution is 2.10. The van der Waals surface area contributed by atoms with Gasteiger partial charge in [-0.05, 0) is 19.1 Å². The van der Waals surface area contributed by atoms with Gasteiger partial charge in [0.25, 0.3) is 0 Å². The zero-order valence-corrected chi connectivity index (χ0v) is 16.9. The summed E-state index contributed by atoms with van der Waals surface area (Å²) in [6, 6.07) is 10.4. The van der Waals surface area contributed by atoms with E-state index >= 15 is 0 Å². The van der Waals surface area contributed by atoms with E-state index in [2.05, 4.69) is 25.3 Å². The van der Waals surface area contributed by atoms with Gasteiger partial charge in [0, 0.05) is 45.3 Å². The molecule has 0 saturated carbocycles. The van der Waals surface area contributed by atoms with E-state index in [1.54, 1.807) is 30.5 Å². The van der Waals surface area contributed by atoms with Crippen LogP contribution in [0.3, 0.4) is 0 Å². The van der Waals surface area contributed by atoms with Crippen LogP contribution in [-0.2, 0) is 16.4 Å². The van der Waals surface area contributed by atoms with Crippen LogP contribution in [0.1, 0.15) is 12.6 Å². The first-order chi connectivity index (χ1) is 13.6. The molecule has 1 aliphatic heterocycles. The van der Waals surface area contributed by atoms with Gasteiger partial charge < -0.3 is 14.7 Å². The SMILES string of the molecule is CCNC(=NCCS(=O)(=O)c1ccccc1)N1CCN(Cc2ccon2)CC1. The maximum Gasteiger partial charge on any atom is 0.194 e. The Balaban J connectivity index is 1.54. The molecule has 0 atom stereocenters. The summed E-state index contributed by atoms with van der Waals surface area (Å²) in [5, 5.41) is 7.23. The fourth-order valence-electron chi connectivity index (χ4n) is 3.11. The Morgan fingerprint density at radius 2 is 1.93 bits per heavy atom. The number of nitrogens with zero attached hydrogens (tertiary/aromatic N) is 4. The molecule has 0 radical (unpaired) electrons. The molecule has 0 aliphatic carbocycles. The third-order valence-corrected chi connectivity index (χ3v) is 6.32. The van der Waals surface area contributed by atoms with Crippen molar-refractivity contribution < 1.29 is 12.9 Å². The number of rotatable bonds is 7. The van der Waals surface area contributed by atoms with Gasteiger partial charge in [0.15, 0.2) is 15.8 Å². The Kier molecular flexibility index (Phi) is 7.05. The number of benzene rings is 1. The predicted molar refractivity (Wildman–Crippen MR) is 108 cm³/mol. The average molecular weight is 406 g/mol. The van der Waals surface area contributed by atoms with Crippen LogP contribution in [0.15, 0.2) is 57.1 Å². The van der Waals surface area contributed by atoms with Gasteiger partial charge in [-0.25, -0.2) is 8.42 Å². The minimum atomic E-state index is -3.32. The first kappa shape index (κ1) is 20.3. The smallest absolute Gasteiger partial charge is 0.194 e. The van der Waals surface area contributed by atoms with E-state index in [9.17, 15) is 8.42 Å². The monoisotopic (exact) mass is 405 g/mol. The first-order valence-corrected chi connectivity index (χ1v) is 11.2. The summed E-state index contributed by atoms with van der Waals surface area (Å²) >= 11 is 0. The van der Waals surface area contributed by atoms with Crippen LogP contribution in [0.4, 0.5) is 0 Å². The number of sulfone groups is 1. The van der Waals surface area contributed by atoms with Crippen LogP contribution < -0.4 is 5.32 Å². The number of hydrogen-bond acceptors (Lipinski definition) is 6. The predicted octanol–water partition coefficient (Wildman–Crippen LogP) is 1.23. The van der Waals surface area contributed by atoms with Crippen LogP contribution in [0.5, 0.6) is 0 Å². The van der Waals surface area contributed by atoms with Gasteiger partial charge in [0.2, 0.25) is 0 Å². The normalized spacial score (nSPS) is 16.3. The van der Waals surface area contributed by atoms with Gasteiger partial charge in [-0.15, -0.1) is 0 Å². The lowest BCUT2D eigenvalue weighted by Crippen LogP contribution is -2.52. The molecule has 2 aromatic rings. The van der Waals surface area contributed by atoms with Crippen LogP contribution in [0, 0.1) is 0 Å². The largest absolute Gasteiger partial charge is 0.364 e. The van der Waals surface area contributed by atoms with Crippen LogP contribution >= 0.6 is 0 Å². The van der Waals surface area contributed by atoms with E-state index in [1.165, 1.54) is 0 Å². The molecule has 0 spiro atoms. The van der Waals surface area contributed by atoms with Gasteiger partial charge in [-0.3, -0.25) is 9.89 Å². The van der Waals surface area contributed by atoms with E-state index in [-0.39, 0.29) is 12.3 Å². The summed E-state index contributed by atoms with van der Waals surface area (Å²) in [5.74, 6) is 0.768. The quantitative estimate of drug-likeness (QED) is 0.547.